The summed E-state index contributed by atoms with van der Waals surface area (Å²) >= 11 is 1.75. The van der Waals surface area contributed by atoms with Crippen LogP contribution in [0.3, 0.4) is 0 Å². The highest BCUT2D eigenvalue weighted by Gasteiger charge is 2.19. The van der Waals surface area contributed by atoms with E-state index in [-0.39, 0.29) is 6.04 Å². The van der Waals surface area contributed by atoms with Crippen LogP contribution in [0, 0.1) is 0 Å². The molecule has 0 saturated heterocycles. The summed E-state index contributed by atoms with van der Waals surface area (Å²) in [6.45, 7) is 3.80. The lowest BCUT2D eigenvalue weighted by Crippen LogP contribution is -2.37. The van der Waals surface area contributed by atoms with Crippen molar-refractivity contribution >= 4 is 11.3 Å². The van der Waals surface area contributed by atoms with Gasteiger partial charge in [0.2, 0.25) is 0 Å². The van der Waals surface area contributed by atoms with Crippen molar-refractivity contribution in [3.63, 3.8) is 0 Å². The molecule has 0 saturated carbocycles. The zero-order valence-corrected chi connectivity index (χ0v) is 11.4. The Hall–Kier alpha value is -0.460. The van der Waals surface area contributed by atoms with Crippen molar-refractivity contribution < 1.29 is 9.47 Å². The van der Waals surface area contributed by atoms with Gasteiger partial charge in [0.05, 0.1) is 19.3 Å². The summed E-state index contributed by atoms with van der Waals surface area (Å²) in [5.74, 6) is 0. The van der Waals surface area contributed by atoms with Crippen molar-refractivity contribution in [2.45, 2.75) is 6.04 Å². The Labute approximate surface area is 107 Å². The van der Waals surface area contributed by atoms with Crippen molar-refractivity contribution in [1.82, 2.24) is 4.90 Å². The highest BCUT2D eigenvalue weighted by atomic mass is 32.1. The lowest BCUT2D eigenvalue weighted by molar-refractivity contribution is 0.0901. The van der Waals surface area contributed by atoms with Crippen LogP contribution in [-0.4, -0.2) is 52.0 Å². The third-order valence-electron chi connectivity index (χ3n) is 2.70. The summed E-state index contributed by atoms with van der Waals surface area (Å²) in [6, 6.07) is 4.46. The number of nitrogens with two attached hydrogens (primary N) is 1. The summed E-state index contributed by atoms with van der Waals surface area (Å²) in [5.41, 5.74) is 5.89. The molecule has 0 radical (unpaired) electrons. The molecule has 1 unspecified atom stereocenters. The second-order valence-corrected chi connectivity index (χ2v) is 4.77. The Morgan fingerprint density at radius 2 is 1.94 bits per heavy atom. The van der Waals surface area contributed by atoms with Crippen molar-refractivity contribution in [3.8, 4) is 0 Å². The number of methoxy groups -OCH3 is 2. The van der Waals surface area contributed by atoms with Crippen molar-refractivity contribution in [2.75, 3.05) is 47.1 Å². The minimum absolute atomic E-state index is 0.264. The molecular weight excluding hydrogens is 236 g/mol. The van der Waals surface area contributed by atoms with Crippen LogP contribution in [-0.2, 0) is 9.47 Å². The van der Waals surface area contributed by atoms with Gasteiger partial charge in [-0.05, 0) is 11.4 Å². The second kappa shape index (κ2) is 8.60. The third kappa shape index (κ3) is 4.73. The average Bonchev–Trinajstić information content (AvgIpc) is 2.86. The van der Waals surface area contributed by atoms with E-state index in [1.807, 2.05) is 0 Å². The lowest BCUT2D eigenvalue weighted by Gasteiger charge is -2.29. The van der Waals surface area contributed by atoms with Gasteiger partial charge in [-0.2, -0.15) is 0 Å². The van der Waals surface area contributed by atoms with E-state index < -0.39 is 0 Å². The number of ether oxygens (including phenoxy) is 2. The standard InChI is InChI=1S/C12H22N2O2S/c1-15-7-5-14(6-8-16-2)11(10-13)12-4-3-9-17-12/h3-4,9,11H,5-8,10,13H2,1-2H3. The van der Waals surface area contributed by atoms with Gasteiger partial charge in [-0.3, -0.25) is 4.90 Å². The SMILES string of the molecule is COCCN(CCOC)C(CN)c1cccs1. The van der Waals surface area contributed by atoms with E-state index in [0.717, 1.165) is 13.1 Å². The number of nitrogens with zero attached hydrogens (tertiary/aromatic N) is 1. The predicted octanol–water partition coefficient (Wildman–Crippen LogP) is 1.34. The van der Waals surface area contributed by atoms with E-state index in [0.29, 0.717) is 19.8 Å². The molecule has 1 heterocycles. The molecule has 1 aromatic rings. The normalized spacial score (nSPS) is 13.2. The van der Waals surface area contributed by atoms with Gasteiger partial charge in [0.1, 0.15) is 0 Å². The van der Waals surface area contributed by atoms with Gasteiger partial charge in [0.15, 0.2) is 0 Å². The van der Waals surface area contributed by atoms with Gasteiger partial charge in [-0.1, -0.05) is 6.07 Å². The van der Waals surface area contributed by atoms with Crippen LogP contribution in [0.1, 0.15) is 10.9 Å². The molecule has 0 fully saturated rings. The first kappa shape index (κ1) is 14.6. The first-order valence-corrected chi connectivity index (χ1v) is 6.66. The molecule has 0 aliphatic heterocycles. The summed E-state index contributed by atoms with van der Waals surface area (Å²) < 4.78 is 10.3. The monoisotopic (exact) mass is 258 g/mol. The fourth-order valence-corrected chi connectivity index (χ4v) is 2.64. The zero-order chi connectivity index (χ0) is 12.5. The van der Waals surface area contributed by atoms with Crippen LogP contribution in [0.2, 0.25) is 0 Å². The zero-order valence-electron chi connectivity index (χ0n) is 10.6. The van der Waals surface area contributed by atoms with E-state index >= 15 is 0 Å². The number of hydrogen-bond acceptors (Lipinski definition) is 5. The summed E-state index contributed by atoms with van der Waals surface area (Å²) in [5, 5.41) is 2.09. The molecule has 98 valence electrons. The topological polar surface area (TPSA) is 47.7 Å². The maximum absolute atomic E-state index is 5.89. The van der Waals surface area contributed by atoms with Crippen LogP contribution >= 0.6 is 11.3 Å². The Morgan fingerprint density at radius 1 is 1.29 bits per heavy atom. The molecule has 0 aliphatic rings. The fourth-order valence-electron chi connectivity index (χ4n) is 1.77. The average molecular weight is 258 g/mol. The van der Waals surface area contributed by atoms with Crippen molar-refractivity contribution in [2.24, 2.45) is 5.73 Å². The quantitative estimate of drug-likeness (QED) is 0.726. The summed E-state index contributed by atoms with van der Waals surface area (Å²) in [7, 11) is 3.44. The molecule has 1 rings (SSSR count). The van der Waals surface area contributed by atoms with E-state index in [4.69, 9.17) is 15.2 Å². The van der Waals surface area contributed by atoms with Gasteiger partial charge in [-0.15, -0.1) is 11.3 Å². The molecule has 2 N–H and O–H groups in total. The minimum atomic E-state index is 0.264. The fraction of sp³-hybridized carbons (Fsp3) is 0.667. The molecule has 0 spiro atoms. The van der Waals surface area contributed by atoms with E-state index in [1.165, 1.54) is 4.88 Å². The van der Waals surface area contributed by atoms with Gasteiger partial charge < -0.3 is 15.2 Å². The molecule has 1 atom stereocenters. The molecule has 5 heteroatoms. The first-order chi connectivity index (χ1) is 8.33. The predicted molar refractivity (Wildman–Crippen MR) is 71.4 cm³/mol. The molecule has 0 aromatic carbocycles. The largest absolute Gasteiger partial charge is 0.383 e. The molecule has 4 nitrogen and oxygen atoms in total. The Balaban J connectivity index is 2.63. The maximum Gasteiger partial charge on any atom is 0.0589 e. The van der Waals surface area contributed by atoms with Crippen LogP contribution in [0.25, 0.3) is 0 Å². The maximum atomic E-state index is 5.89. The van der Waals surface area contributed by atoms with Crippen LogP contribution in [0.4, 0.5) is 0 Å². The van der Waals surface area contributed by atoms with Crippen LogP contribution in [0.5, 0.6) is 0 Å². The van der Waals surface area contributed by atoms with Crippen LogP contribution < -0.4 is 5.73 Å². The number of hydrogen-bond donors (Lipinski definition) is 1. The lowest BCUT2D eigenvalue weighted by atomic mass is 10.2. The van der Waals surface area contributed by atoms with Gasteiger partial charge in [0, 0.05) is 38.7 Å². The number of rotatable bonds is 9. The Bertz CT molecular complexity index is 272. The smallest absolute Gasteiger partial charge is 0.0589 e. The second-order valence-electron chi connectivity index (χ2n) is 3.79. The highest BCUT2D eigenvalue weighted by Crippen LogP contribution is 2.23. The summed E-state index contributed by atoms with van der Waals surface area (Å²) in [4.78, 5) is 3.62. The molecule has 0 bridgehead atoms. The minimum Gasteiger partial charge on any atom is -0.383 e. The van der Waals surface area contributed by atoms with Gasteiger partial charge in [-0.25, -0.2) is 0 Å². The molecule has 17 heavy (non-hydrogen) atoms. The van der Waals surface area contributed by atoms with Gasteiger partial charge in [0.25, 0.3) is 0 Å². The van der Waals surface area contributed by atoms with Crippen molar-refractivity contribution in [3.05, 3.63) is 22.4 Å². The van der Waals surface area contributed by atoms with E-state index in [9.17, 15) is 0 Å². The first-order valence-electron chi connectivity index (χ1n) is 5.78. The third-order valence-corrected chi connectivity index (χ3v) is 3.67. The number of thiophene rings is 1. The molecule has 0 amide bonds. The van der Waals surface area contributed by atoms with Gasteiger partial charge >= 0.3 is 0 Å². The molecule has 1 aromatic heterocycles. The van der Waals surface area contributed by atoms with Crippen molar-refractivity contribution in [1.29, 1.82) is 0 Å². The van der Waals surface area contributed by atoms with E-state index in [1.54, 1.807) is 25.6 Å². The van der Waals surface area contributed by atoms with E-state index in [2.05, 4.69) is 22.4 Å². The van der Waals surface area contributed by atoms with Crippen LogP contribution in [0.15, 0.2) is 17.5 Å². The Morgan fingerprint density at radius 3 is 2.35 bits per heavy atom. The Kier molecular flexibility index (Phi) is 7.39. The highest BCUT2D eigenvalue weighted by molar-refractivity contribution is 7.10. The summed E-state index contributed by atoms with van der Waals surface area (Å²) in [6.07, 6.45) is 0. The molecule has 0 aliphatic carbocycles. The molecular formula is C12H22N2O2S.